The minimum absolute atomic E-state index is 0.00255. The van der Waals surface area contributed by atoms with Crippen LogP contribution in [0.2, 0.25) is 0 Å². The summed E-state index contributed by atoms with van der Waals surface area (Å²) in [7, 11) is -3.42. The fraction of sp³-hybridized carbons (Fsp3) is 0.222. The van der Waals surface area contributed by atoms with E-state index in [1.165, 1.54) is 0 Å². The first-order valence-corrected chi connectivity index (χ1v) is 7.16. The Morgan fingerprint density at radius 2 is 2.38 bits per heavy atom. The highest BCUT2D eigenvalue weighted by Crippen LogP contribution is 2.26. The fourth-order valence-electron chi connectivity index (χ4n) is 1.23. The van der Waals surface area contributed by atoms with Gasteiger partial charge in [0.15, 0.2) is 0 Å². The van der Waals surface area contributed by atoms with Crippen LogP contribution in [0.1, 0.15) is 5.56 Å². The van der Waals surface area contributed by atoms with Gasteiger partial charge in [-0.25, -0.2) is 0 Å². The number of aromatic amines is 1. The molecule has 2 aromatic rings. The number of rotatable bonds is 4. The van der Waals surface area contributed by atoms with Crippen LogP contribution in [0.25, 0.3) is 10.6 Å². The van der Waals surface area contributed by atoms with Crippen LogP contribution in [0.5, 0.6) is 0 Å². The van der Waals surface area contributed by atoms with Crippen LogP contribution in [0.4, 0.5) is 0 Å². The van der Waals surface area contributed by atoms with Gasteiger partial charge in [-0.3, -0.25) is 9.28 Å². The molecule has 0 aliphatic heterocycles. The molecule has 0 aliphatic rings. The van der Waals surface area contributed by atoms with Crippen molar-refractivity contribution in [2.45, 2.75) is 6.61 Å². The van der Waals surface area contributed by atoms with Crippen molar-refractivity contribution >= 4 is 21.5 Å². The summed E-state index contributed by atoms with van der Waals surface area (Å²) >= 11 is 1.55. The van der Waals surface area contributed by atoms with Crippen molar-refractivity contribution in [2.24, 2.45) is 0 Å². The zero-order chi connectivity index (χ0) is 11.6. The molecule has 5 nitrogen and oxygen atoms in total. The zero-order valence-electron chi connectivity index (χ0n) is 8.50. The largest absolute Gasteiger partial charge is 0.277 e. The van der Waals surface area contributed by atoms with Crippen molar-refractivity contribution < 1.29 is 12.6 Å². The molecule has 0 bridgehead atoms. The van der Waals surface area contributed by atoms with E-state index in [4.69, 9.17) is 4.18 Å². The first-order chi connectivity index (χ1) is 7.56. The van der Waals surface area contributed by atoms with Crippen molar-refractivity contribution in [2.75, 3.05) is 6.26 Å². The summed E-state index contributed by atoms with van der Waals surface area (Å²) in [6, 6.07) is 3.85. The molecule has 86 valence electrons. The van der Waals surface area contributed by atoms with Crippen LogP contribution < -0.4 is 0 Å². The Kier molecular flexibility index (Phi) is 3.08. The van der Waals surface area contributed by atoms with Gasteiger partial charge < -0.3 is 0 Å². The molecule has 0 fully saturated rings. The predicted molar refractivity (Wildman–Crippen MR) is 61.5 cm³/mol. The topological polar surface area (TPSA) is 72.1 Å². The Morgan fingerprint density at radius 3 is 3.00 bits per heavy atom. The van der Waals surface area contributed by atoms with Gasteiger partial charge in [-0.15, -0.1) is 11.3 Å². The number of nitrogens with zero attached hydrogens (tertiary/aromatic N) is 1. The van der Waals surface area contributed by atoms with Crippen molar-refractivity contribution in [3.8, 4) is 10.6 Å². The number of hydrogen-bond acceptors (Lipinski definition) is 5. The van der Waals surface area contributed by atoms with Gasteiger partial charge in [-0.1, -0.05) is 6.07 Å². The molecular weight excluding hydrogens is 248 g/mol. The smallest absolute Gasteiger partial charge is 0.264 e. The van der Waals surface area contributed by atoms with E-state index in [1.54, 1.807) is 17.5 Å². The molecule has 0 radical (unpaired) electrons. The maximum absolute atomic E-state index is 10.9. The third kappa shape index (κ3) is 2.69. The zero-order valence-corrected chi connectivity index (χ0v) is 10.1. The van der Waals surface area contributed by atoms with Crippen molar-refractivity contribution in [1.29, 1.82) is 0 Å². The highest BCUT2D eigenvalue weighted by atomic mass is 32.2. The molecule has 0 unspecified atom stereocenters. The maximum Gasteiger partial charge on any atom is 0.264 e. The number of hydrogen-bond donors (Lipinski definition) is 1. The lowest BCUT2D eigenvalue weighted by atomic mass is 10.2. The van der Waals surface area contributed by atoms with E-state index in [0.29, 0.717) is 0 Å². The van der Waals surface area contributed by atoms with Gasteiger partial charge in [0.05, 0.1) is 29.6 Å². The third-order valence-corrected chi connectivity index (χ3v) is 3.35. The standard InChI is InChI=1S/C9H10N2O3S2/c1-16(12,13)14-6-7-5-10-11-9(7)8-3-2-4-15-8/h2-5H,6H2,1H3,(H,10,11). The van der Waals surface area contributed by atoms with Crippen molar-refractivity contribution in [3.05, 3.63) is 29.3 Å². The number of thiophene rings is 1. The molecular formula is C9H10N2O3S2. The number of H-pyrrole nitrogens is 1. The van der Waals surface area contributed by atoms with Gasteiger partial charge in [-0.05, 0) is 11.4 Å². The van der Waals surface area contributed by atoms with Crippen LogP contribution in [-0.4, -0.2) is 24.9 Å². The molecule has 0 atom stereocenters. The van der Waals surface area contributed by atoms with Gasteiger partial charge >= 0.3 is 0 Å². The predicted octanol–water partition coefficient (Wildman–Crippen LogP) is 1.61. The average molecular weight is 258 g/mol. The quantitative estimate of drug-likeness (QED) is 0.846. The third-order valence-electron chi connectivity index (χ3n) is 1.91. The summed E-state index contributed by atoms with van der Waals surface area (Å²) in [6.45, 7) is 0.00255. The maximum atomic E-state index is 10.9. The van der Waals surface area contributed by atoms with E-state index in [0.717, 1.165) is 22.4 Å². The van der Waals surface area contributed by atoms with Crippen LogP contribution in [0, 0.1) is 0 Å². The summed E-state index contributed by atoms with van der Waals surface area (Å²) in [4.78, 5) is 1.00. The molecule has 0 saturated heterocycles. The summed E-state index contributed by atoms with van der Waals surface area (Å²) in [5.74, 6) is 0. The van der Waals surface area contributed by atoms with E-state index in [9.17, 15) is 8.42 Å². The molecule has 0 aliphatic carbocycles. The van der Waals surface area contributed by atoms with Crippen LogP contribution >= 0.6 is 11.3 Å². The molecule has 16 heavy (non-hydrogen) atoms. The lowest BCUT2D eigenvalue weighted by molar-refractivity contribution is 0.312. The summed E-state index contributed by atoms with van der Waals surface area (Å²) < 4.78 is 26.5. The van der Waals surface area contributed by atoms with Gasteiger partial charge in [0.1, 0.15) is 0 Å². The molecule has 0 saturated carbocycles. The summed E-state index contributed by atoms with van der Waals surface area (Å²) in [5, 5.41) is 8.66. The van der Waals surface area contributed by atoms with E-state index in [-0.39, 0.29) is 6.61 Å². The van der Waals surface area contributed by atoms with E-state index >= 15 is 0 Å². The minimum atomic E-state index is -3.42. The Hall–Kier alpha value is -1.18. The van der Waals surface area contributed by atoms with Gasteiger partial charge in [0.25, 0.3) is 10.1 Å². The van der Waals surface area contributed by atoms with Crippen LogP contribution in [-0.2, 0) is 20.9 Å². The molecule has 2 rings (SSSR count). The molecule has 7 heteroatoms. The highest BCUT2D eigenvalue weighted by Gasteiger charge is 2.11. The van der Waals surface area contributed by atoms with E-state index in [2.05, 4.69) is 10.2 Å². The Balaban J connectivity index is 2.21. The monoisotopic (exact) mass is 258 g/mol. The number of nitrogens with one attached hydrogen (secondary N) is 1. The number of aromatic nitrogens is 2. The van der Waals surface area contributed by atoms with Gasteiger partial charge in [0.2, 0.25) is 0 Å². The second-order valence-corrected chi connectivity index (χ2v) is 5.81. The molecule has 1 N–H and O–H groups in total. The fourth-order valence-corrected chi connectivity index (χ4v) is 2.32. The molecule has 0 spiro atoms. The Labute approximate surface area is 97.2 Å². The minimum Gasteiger partial charge on any atom is -0.277 e. The van der Waals surface area contributed by atoms with E-state index < -0.39 is 10.1 Å². The van der Waals surface area contributed by atoms with Crippen LogP contribution in [0.15, 0.2) is 23.7 Å². The van der Waals surface area contributed by atoms with Crippen molar-refractivity contribution in [1.82, 2.24) is 10.2 Å². The van der Waals surface area contributed by atoms with Gasteiger partial charge in [0, 0.05) is 5.56 Å². The lowest BCUT2D eigenvalue weighted by Crippen LogP contribution is -2.02. The normalized spacial score (nSPS) is 11.8. The Bertz CT molecular complexity index is 557. The average Bonchev–Trinajstić information content (AvgIpc) is 2.84. The van der Waals surface area contributed by atoms with Crippen LogP contribution in [0.3, 0.4) is 0 Å². The first-order valence-electron chi connectivity index (χ1n) is 4.47. The second kappa shape index (κ2) is 4.36. The van der Waals surface area contributed by atoms with Gasteiger partial charge in [-0.2, -0.15) is 13.5 Å². The lowest BCUT2D eigenvalue weighted by Gasteiger charge is -2.00. The SMILES string of the molecule is CS(=O)(=O)OCc1cn[nH]c1-c1cccs1. The molecule has 2 heterocycles. The molecule has 0 amide bonds. The van der Waals surface area contributed by atoms with E-state index in [1.807, 2.05) is 17.5 Å². The second-order valence-electron chi connectivity index (χ2n) is 3.21. The molecule has 2 aromatic heterocycles. The first kappa shape index (κ1) is 11.3. The summed E-state index contributed by atoms with van der Waals surface area (Å²) in [5.41, 5.74) is 1.53. The van der Waals surface area contributed by atoms with Crippen molar-refractivity contribution in [3.63, 3.8) is 0 Å². The Morgan fingerprint density at radius 1 is 1.56 bits per heavy atom. The highest BCUT2D eigenvalue weighted by molar-refractivity contribution is 7.85. The summed E-state index contributed by atoms with van der Waals surface area (Å²) in [6.07, 6.45) is 2.60. The molecule has 0 aromatic carbocycles.